The first-order valence-electron chi connectivity index (χ1n) is 8.00. The van der Waals surface area contributed by atoms with Crippen molar-refractivity contribution in [1.82, 2.24) is 0 Å². The lowest BCUT2D eigenvalue weighted by Crippen LogP contribution is -2.20. The number of carbonyl (C=O) groups excluding carboxylic acids is 1. The van der Waals surface area contributed by atoms with Crippen molar-refractivity contribution >= 4 is 22.4 Å². The average molecular weight is 333 g/mol. The predicted octanol–water partition coefficient (Wildman–Crippen LogP) is 4.42. The van der Waals surface area contributed by atoms with Crippen molar-refractivity contribution in [3.8, 4) is 11.5 Å². The van der Waals surface area contributed by atoms with Gasteiger partial charge in [0.05, 0.1) is 0 Å². The van der Waals surface area contributed by atoms with Crippen molar-refractivity contribution in [2.75, 3.05) is 18.5 Å². The van der Waals surface area contributed by atoms with Crippen LogP contribution in [-0.2, 0) is 4.79 Å². The normalized spacial score (nSPS) is 10.2. The Balaban J connectivity index is 1.54. The summed E-state index contributed by atoms with van der Waals surface area (Å²) in [5.74, 6) is 1.18. The Morgan fingerprint density at radius 3 is 2.40 bits per heavy atom. The molecule has 0 aliphatic heterocycles. The van der Waals surface area contributed by atoms with E-state index in [1.165, 1.54) is 0 Å². The lowest BCUT2D eigenvalue weighted by Gasteiger charge is -2.09. The number of ether oxygens (including phenoxy) is 2. The highest BCUT2D eigenvalue weighted by Crippen LogP contribution is 2.20. The lowest BCUT2D eigenvalue weighted by atomic mass is 10.1. The van der Waals surface area contributed by atoms with Crippen molar-refractivity contribution < 1.29 is 14.3 Å². The van der Waals surface area contributed by atoms with Crippen LogP contribution in [0.25, 0.3) is 10.8 Å². The zero-order chi connectivity index (χ0) is 17.5. The molecule has 1 N–H and O–H groups in total. The first kappa shape index (κ1) is 16.6. The van der Waals surface area contributed by atoms with Gasteiger partial charge in [-0.3, -0.25) is 4.79 Å². The topological polar surface area (TPSA) is 47.6 Å². The maximum Gasteiger partial charge on any atom is 0.262 e. The number of rotatable bonds is 7. The van der Waals surface area contributed by atoms with E-state index in [4.69, 9.17) is 9.47 Å². The highest BCUT2D eigenvalue weighted by molar-refractivity contribution is 5.92. The van der Waals surface area contributed by atoms with Crippen molar-refractivity contribution in [3.05, 3.63) is 79.4 Å². The zero-order valence-corrected chi connectivity index (χ0v) is 13.8. The van der Waals surface area contributed by atoms with Crippen molar-refractivity contribution in [2.24, 2.45) is 0 Å². The van der Waals surface area contributed by atoms with Crippen LogP contribution in [0.15, 0.2) is 79.4 Å². The molecule has 1 amide bonds. The van der Waals surface area contributed by atoms with Crippen LogP contribution in [0.3, 0.4) is 0 Å². The molecule has 0 aromatic heterocycles. The van der Waals surface area contributed by atoms with Gasteiger partial charge in [0.2, 0.25) is 0 Å². The van der Waals surface area contributed by atoms with E-state index in [2.05, 4.69) is 11.9 Å². The highest BCUT2D eigenvalue weighted by atomic mass is 16.5. The van der Waals surface area contributed by atoms with Crippen LogP contribution in [0, 0.1) is 0 Å². The molecule has 3 rings (SSSR count). The van der Waals surface area contributed by atoms with Crippen LogP contribution < -0.4 is 14.8 Å². The number of carbonyl (C=O) groups is 1. The van der Waals surface area contributed by atoms with E-state index in [1.807, 2.05) is 42.5 Å². The molecule has 3 aromatic rings. The minimum atomic E-state index is -0.215. The summed E-state index contributed by atoms with van der Waals surface area (Å²) >= 11 is 0. The summed E-state index contributed by atoms with van der Waals surface area (Å²) in [5.41, 5.74) is 0.693. The van der Waals surface area contributed by atoms with Gasteiger partial charge in [0.1, 0.15) is 18.1 Å². The van der Waals surface area contributed by atoms with Crippen LogP contribution in [0.5, 0.6) is 11.5 Å². The summed E-state index contributed by atoms with van der Waals surface area (Å²) in [7, 11) is 0. The van der Waals surface area contributed by atoms with Gasteiger partial charge in [-0.05, 0) is 47.2 Å². The second-order valence-electron chi connectivity index (χ2n) is 5.47. The van der Waals surface area contributed by atoms with E-state index >= 15 is 0 Å². The van der Waals surface area contributed by atoms with Gasteiger partial charge in [-0.25, -0.2) is 0 Å². The smallest absolute Gasteiger partial charge is 0.262 e. The van der Waals surface area contributed by atoms with Crippen LogP contribution in [0.1, 0.15) is 0 Å². The molecule has 0 saturated heterocycles. The second kappa shape index (κ2) is 8.02. The SMILES string of the molecule is C=CCOc1ccc(NC(=O)COc2ccc3ccccc3c2)cc1. The zero-order valence-electron chi connectivity index (χ0n) is 13.8. The highest BCUT2D eigenvalue weighted by Gasteiger charge is 2.05. The van der Waals surface area contributed by atoms with Gasteiger partial charge >= 0.3 is 0 Å². The quantitative estimate of drug-likeness (QED) is 0.651. The molecule has 0 bridgehead atoms. The van der Waals surface area contributed by atoms with Gasteiger partial charge in [-0.2, -0.15) is 0 Å². The van der Waals surface area contributed by atoms with Gasteiger partial charge in [0.15, 0.2) is 6.61 Å². The Morgan fingerprint density at radius 1 is 0.920 bits per heavy atom. The molecule has 0 radical (unpaired) electrons. The van der Waals surface area contributed by atoms with Crippen LogP contribution in [0.2, 0.25) is 0 Å². The van der Waals surface area contributed by atoms with Gasteiger partial charge in [0, 0.05) is 5.69 Å². The largest absolute Gasteiger partial charge is 0.490 e. The number of fused-ring (bicyclic) bond motifs is 1. The number of nitrogens with one attached hydrogen (secondary N) is 1. The molecule has 126 valence electrons. The summed E-state index contributed by atoms with van der Waals surface area (Å²) in [4.78, 5) is 12.0. The third-order valence-electron chi connectivity index (χ3n) is 3.60. The Kier molecular flexibility index (Phi) is 5.32. The summed E-state index contributed by atoms with van der Waals surface area (Å²) in [6, 6.07) is 20.9. The number of hydrogen-bond donors (Lipinski definition) is 1. The average Bonchev–Trinajstić information content (AvgIpc) is 2.65. The number of anilines is 1. The first-order chi connectivity index (χ1) is 12.2. The molecule has 0 atom stereocenters. The van der Waals surface area contributed by atoms with Gasteiger partial charge < -0.3 is 14.8 Å². The van der Waals surface area contributed by atoms with Crippen LogP contribution >= 0.6 is 0 Å². The number of amides is 1. The van der Waals surface area contributed by atoms with E-state index in [0.717, 1.165) is 16.5 Å². The van der Waals surface area contributed by atoms with Gasteiger partial charge in [0.25, 0.3) is 5.91 Å². The molecule has 0 heterocycles. The van der Waals surface area contributed by atoms with E-state index in [0.29, 0.717) is 18.0 Å². The molecule has 0 aliphatic carbocycles. The van der Waals surface area contributed by atoms with Gasteiger partial charge in [-0.15, -0.1) is 0 Å². The molecule has 4 heteroatoms. The van der Waals surface area contributed by atoms with E-state index in [1.54, 1.807) is 30.3 Å². The van der Waals surface area contributed by atoms with E-state index in [-0.39, 0.29) is 12.5 Å². The summed E-state index contributed by atoms with van der Waals surface area (Å²) < 4.78 is 11.0. The molecular formula is C21H19NO3. The van der Waals surface area contributed by atoms with Crippen LogP contribution in [0.4, 0.5) is 5.69 Å². The Bertz CT molecular complexity index is 872. The first-order valence-corrected chi connectivity index (χ1v) is 8.00. The van der Waals surface area contributed by atoms with Crippen LogP contribution in [-0.4, -0.2) is 19.1 Å². The molecule has 0 unspecified atom stereocenters. The molecule has 0 spiro atoms. The Hall–Kier alpha value is -3.27. The predicted molar refractivity (Wildman–Crippen MR) is 100 cm³/mol. The fourth-order valence-corrected chi connectivity index (χ4v) is 2.39. The summed E-state index contributed by atoms with van der Waals surface area (Å²) in [6.45, 7) is 4.00. The molecule has 4 nitrogen and oxygen atoms in total. The maximum atomic E-state index is 12.0. The molecule has 25 heavy (non-hydrogen) atoms. The molecular weight excluding hydrogens is 314 g/mol. The fraction of sp³-hybridized carbons (Fsp3) is 0.0952. The minimum Gasteiger partial charge on any atom is -0.490 e. The molecule has 0 aliphatic rings. The number of benzene rings is 3. The summed E-state index contributed by atoms with van der Waals surface area (Å²) in [6.07, 6.45) is 1.68. The minimum absolute atomic E-state index is 0.0486. The van der Waals surface area contributed by atoms with Crippen molar-refractivity contribution in [3.63, 3.8) is 0 Å². The molecule has 0 fully saturated rings. The standard InChI is InChI=1S/C21H19NO3/c1-2-13-24-19-11-8-18(9-12-19)22-21(23)15-25-20-10-7-16-5-3-4-6-17(16)14-20/h2-12,14H,1,13,15H2,(H,22,23). The van der Waals surface area contributed by atoms with E-state index < -0.39 is 0 Å². The van der Waals surface area contributed by atoms with Crippen molar-refractivity contribution in [2.45, 2.75) is 0 Å². The Morgan fingerprint density at radius 2 is 1.64 bits per heavy atom. The fourth-order valence-electron chi connectivity index (χ4n) is 2.39. The maximum absolute atomic E-state index is 12.0. The summed E-state index contributed by atoms with van der Waals surface area (Å²) in [5, 5.41) is 5.01. The van der Waals surface area contributed by atoms with E-state index in [9.17, 15) is 4.79 Å². The van der Waals surface area contributed by atoms with Crippen molar-refractivity contribution in [1.29, 1.82) is 0 Å². The molecule has 3 aromatic carbocycles. The Labute approximate surface area is 146 Å². The second-order valence-corrected chi connectivity index (χ2v) is 5.47. The third kappa shape index (κ3) is 4.61. The van der Waals surface area contributed by atoms with Gasteiger partial charge in [-0.1, -0.05) is 43.0 Å². The lowest BCUT2D eigenvalue weighted by molar-refractivity contribution is -0.118. The molecule has 0 saturated carbocycles. The third-order valence-corrected chi connectivity index (χ3v) is 3.60. The monoisotopic (exact) mass is 333 g/mol. The number of hydrogen-bond acceptors (Lipinski definition) is 3.